The molecule has 0 atom stereocenters. The number of methoxy groups -OCH3 is 1. The van der Waals surface area contributed by atoms with E-state index >= 15 is 0 Å². The average molecular weight is 325 g/mol. The van der Waals surface area contributed by atoms with Crippen molar-refractivity contribution in [1.82, 2.24) is 0 Å². The third-order valence-corrected chi connectivity index (χ3v) is 4.19. The van der Waals surface area contributed by atoms with Crippen molar-refractivity contribution in [1.29, 1.82) is 0 Å². The first kappa shape index (κ1) is 16.2. The number of rotatable bonds is 4. The third kappa shape index (κ3) is 4.19. The van der Waals surface area contributed by atoms with E-state index in [1.54, 1.807) is 0 Å². The molecule has 1 amide bonds. The van der Waals surface area contributed by atoms with E-state index in [0.29, 0.717) is 5.69 Å². The number of nitrogens with zero attached hydrogens (tertiary/aromatic N) is 1. The highest BCUT2D eigenvalue weighted by Gasteiger charge is 2.10. The largest absolute Gasteiger partial charge is 0.453 e. The number of carbonyl (C=O) groups is 1. The number of hydrogen-bond acceptors (Lipinski definition) is 4. The van der Waals surface area contributed by atoms with E-state index in [9.17, 15) is 4.79 Å². The molecule has 0 bridgehead atoms. The van der Waals surface area contributed by atoms with Crippen molar-refractivity contribution in [3.8, 4) is 0 Å². The van der Waals surface area contributed by atoms with Crippen LogP contribution in [0.1, 0.15) is 19.3 Å². The van der Waals surface area contributed by atoms with Gasteiger partial charge in [-0.1, -0.05) is 0 Å². The summed E-state index contributed by atoms with van der Waals surface area (Å²) in [7, 11) is 1.35. The summed E-state index contributed by atoms with van der Waals surface area (Å²) in [5.41, 5.74) is 4.01. The summed E-state index contributed by atoms with van der Waals surface area (Å²) >= 11 is 0. The van der Waals surface area contributed by atoms with E-state index in [1.807, 2.05) is 24.3 Å². The monoisotopic (exact) mass is 325 g/mol. The van der Waals surface area contributed by atoms with Gasteiger partial charge in [-0.05, 0) is 67.8 Å². The van der Waals surface area contributed by atoms with E-state index in [4.69, 9.17) is 0 Å². The first-order chi connectivity index (χ1) is 11.7. The number of piperidine rings is 1. The molecule has 0 radical (unpaired) electrons. The second-order valence-electron chi connectivity index (χ2n) is 5.91. The van der Waals surface area contributed by atoms with E-state index in [2.05, 4.69) is 44.5 Å². The van der Waals surface area contributed by atoms with Gasteiger partial charge in [-0.25, -0.2) is 4.79 Å². The molecule has 3 rings (SSSR count). The van der Waals surface area contributed by atoms with Crippen LogP contribution in [0.4, 0.5) is 27.5 Å². The molecule has 1 saturated heterocycles. The lowest BCUT2D eigenvalue weighted by Gasteiger charge is -2.28. The Bertz CT molecular complexity index is 662. The van der Waals surface area contributed by atoms with Gasteiger partial charge in [0.05, 0.1) is 7.11 Å². The maximum Gasteiger partial charge on any atom is 0.411 e. The van der Waals surface area contributed by atoms with Gasteiger partial charge in [0, 0.05) is 35.8 Å². The Morgan fingerprint density at radius 2 is 1.42 bits per heavy atom. The van der Waals surface area contributed by atoms with Crippen molar-refractivity contribution >= 4 is 28.8 Å². The average Bonchev–Trinajstić information content (AvgIpc) is 2.64. The van der Waals surface area contributed by atoms with Gasteiger partial charge in [-0.2, -0.15) is 0 Å². The molecule has 5 heteroatoms. The molecule has 0 unspecified atom stereocenters. The molecule has 0 spiro atoms. The molecule has 126 valence electrons. The van der Waals surface area contributed by atoms with Gasteiger partial charge in [0.15, 0.2) is 0 Å². The van der Waals surface area contributed by atoms with Crippen LogP contribution in [0.5, 0.6) is 0 Å². The van der Waals surface area contributed by atoms with Gasteiger partial charge in [0.25, 0.3) is 0 Å². The van der Waals surface area contributed by atoms with Crippen LogP contribution in [0.15, 0.2) is 48.5 Å². The van der Waals surface area contributed by atoms with E-state index in [0.717, 1.165) is 24.5 Å². The van der Waals surface area contributed by atoms with Crippen LogP contribution in [0, 0.1) is 0 Å². The van der Waals surface area contributed by atoms with Crippen LogP contribution in [0.25, 0.3) is 0 Å². The Labute approximate surface area is 142 Å². The van der Waals surface area contributed by atoms with Crippen LogP contribution < -0.4 is 15.5 Å². The van der Waals surface area contributed by atoms with Gasteiger partial charge in [-0.3, -0.25) is 5.32 Å². The SMILES string of the molecule is COC(=O)Nc1ccc(Nc2ccc(N3CCCCC3)cc2)cc1. The number of benzene rings is 2. The molecule has 2 N–H and O–H groups in total. The smallest absolute Gasteiger partial charge is 0.411 e. The van der Waals surface area contributed by atoms with Gasteiger partial charge < -0.3 is 15.0 Å². The van der Waals surface area contributed by atoms with Crippen LogP contribution in [-0.2, 0) is 4.74 Å². The van der Waals surface area contributed by atoms with E-state index < -0.39 is 6.09 Å². The number of ether oxygens (including phenoxy) is 1. The van der Waals surface area contributed by atoms with Gasteiger partial charge in [0.2, 0.25) is 0 Å². The zero-order valence-electron chi connectivity index (χ0n) is 13.9. The van der Waals surface area contributed by atoms with Crippen LogP contribution in [0.2, 0.25) is 0 Å². The minimum Gasteiger partial charge on any atom is -0.453 e. The number of amides is 1. The fourth-order valence-electron chi connectivity index (χ4n) is 2.88. The number of hydrogen-bond donors (Lipinski definition) is 2. The molecule has 2 aromatic rings. The molecule has 0 saturated carbocycles. The molecule has 24 heavy (non-hydrogen) atoms. The molecule has 1 fully saturated rings. The fourth-order valence-corrected chi connectivity index (χ4v) is 2.88. The zero-order valence-corrected chi connectivity index (χ0v) is 13.9. The number of nitrogens with one attached hydrogen (secondary N) is 2. The summed E-state index contributed by atoms with van der Waals surface area (Å²) in [6.45, 7) is 2.31. The zero-order chi connectivity index (χ0) is 16.8. The highest BCUT2D eigenvalue weighted by molar-refractivity contribution is 5.84. The Morgan fingerprint density at radius 3 is 2.00 bits per heavy atom. The van der Waals surface area contributed by atoms with Crippen molar-refractivity contribution < 1.29 is 9.53 Å². The molecule has 0 aromatic heterocycles. The maximum atomic E-state index is 11.2. The minimum atomic E-state index is -0.469. The summed E-state index contributed by atoms with van der Waals surface area (Å²) < 4.78 is 4.57. The van der Waals surface area contributed by atoms with Crippen LogP contribution in [-0.4, -0.2) is 26.3 Å². The second-order valence-corrected chi connectivity index (χ2v) is 5.91. The lowest BCUT2D eigenvalue weighted by molar-refractivity contribution is 0.187. The second kappa shape index (κ2) is 7.73. The highest BCUT2D eigenvalue weighted by Crippen LogP contribution is 2.24. The molecule has 1 aliphatic heterocycles. The Hall–Kier alpha value is -2.69. The lowest BCUT2D eigenvalue weighted by atomic mass is 10.1. The fraction of sp³-hybridized carbons (Fsp3) is 0.316. The third-order valence-electron chi connectivity index (χ3n) is 4.19. The lowest BCUT2D eigenvalue weighted by Crippen LogP contribution is -2.29. The first-order valence-electron chi connectivity index (χ1n) is 8.32. The standard InChI is InChI=1S/C19H23N3O2/c1-24-19(23)21-17-7-5-15(6-8-17)20-16-9-11-18(12-10-16)22-13-3-2-4-14-22/h5-12,20H,2-4,13-14H2,1H3,(H,21,23). The Kier molecular flexibility index (Phi) is 5.21. The van der Waals surface area contributed by atoms with Crippen molar-refractivity contribution in [2.45, 2.75) is 19.3 Å². The molecule has 5 nitrogen and oxygen atoms in total. The van der Waals surface area contributed by atoms with Gasteiger partial charge in [0.1, 0.15) is 0 Å². The topological polar surface area (TPSA) is 53.6 Å². The normalized spacial score (nSPS) is 14.1. The summed E-state index contributed by atoms with van der Waals surface area (Å²) in [4.78, 5) is 13.6. The maximum absolute atomic E-state index is 11.2. The summed E-state index contributed by atoms with van der Waals surface area (Å²) in [6, 6.07) is 16.0. The summed E-state index contributed by atoms with van der Waals surface area (Å²) in [5, 5.41) is 6.00. The predicted octanol–water partition coefficient (Wildman–Crippen LogP) is 4.60. The summed E-state index contributed by atoms with van der Waals surface area (Å²) in [5.74, 6) is 0. The highest BCUT2D eigenvalue weighted by atomic mass is 16.5. The van der Waals surface area contributed by atoms with E-state index in [-0.39, 0.29) is 0 Å². The Morgan fingerprint density at radius 1 is 0.875 bits per heavy atom. The van der Waals surface area contributed by atoms with Gasteiger partial charge in [-0.15, -0.1) is 0 Å². The predicted molar refractivity (Wildman–Crippen MR) is 98.3 cm³/mol. The van der Waals surface area contributed by atoms with Crippen molar-refractivity contribution in [2.24, 2.45) is 0 Å². The quantitative estimate of drug-likeness (QED) is 0.862. The van der Waals surface area contributed by atoms with Crippen molar-refractivity contribution in [3.05, 3.63) is 48.5 Å². The molecular weight excluding hydrogens is 302 g/mol. The summed E-state index contributed by atoms with van der Waals surface area (Å²) in [6.07, 6.45) is 3.44. The Balaban J connectivity index is 1.60. The van der Waals surface area contributed by atoms with Crippen molar-refractivity contribution in [3.63, 3.8) is 0 Å². The van der Waals surface area contributed by atoms with E-state index in [1.165, 1.54) is 32.1 Å². The molecular formula is C19H23N3O2. The number of anilines is 4. The molecule has 0 aliphatic carbocycles. The van der Waals surface area contributed by atoms with Crippen LogP contribution >= 0.6 is 0 Å². The minimum absolute atomic E-state index is 0.469. The van der Waals surface area contributed by atoms with Crippen molar-refractivity contribution in [2.75, 3.05) is 35.7 Å². The first-order valence-corrected chi connectivity index (χ1v) is 8.32. The molecule has 2 aromatic carbocycles. The molecule has 1 aliphatic rings. The number of carbonyl (C=O) groups excluding carboxylic acids is 1. The van der Waals surface area contributed by atoms with Crippen LogP contribution in [0.3, 0.4) is 0 Å². The van der Waals surface area contributed by atoms with Gasteiger partial charge >= 0.3 is 6.09 Å². The molecule has 1 heterocycles.